The van der Waals surface area contributed by atoms with Gasteiger partial charge in [-0.05, 0) is 64.0 Å². The highest BCUT2D eigenvalue weighted by Gasteiger charge is 2.33. The van der Waals surface area contributed by atoms with E-state index in [0.717, 1.165) is 16.7 Å². The van der Waals surface area contributed by atoms with Crippen LogP contribution in [0.1, 0.15) is 50.4 Å². The monoisotopic (exact) mass is 506 g/mol. The first-order valence-corrected chi connectivity index (χ1v) is 12.8. The minimum Gasteiger partial charge on any atom is -0.490 e. The van der Waals surface area contributed by atoms with Crippen molar-refractivity contribution in [1.82, 2.24) is 4.57 Å². The largest absolute Gasteiger partial charge is 0.490 e. The van der Waals surface area contributed by atoms with Crippen molar-refractivity contribution in [3.05, 3.63) is 90.1 Å². The zero-order valence-corrected chi connectivity index (χ0v) is 22.0. The number of hydrogen-bond donors (Lipinski definition) is 0. The van der Waals surface area contributed by atoms with Gasteiger partial charge in [0.15, 0.2) is 16.3 Å². The molecule has 1 atom stereocenters. The molecule has 7 nitrogen and oxygen atoms in total. The Morgan fingerprint density at radius 3 is 2.36 bits per heavy atom. The first kappa shape index (κ1) is 25.4. The van der Waals surface area contributed by atoms with Crippen LogP contribution in [0.4, 0.5) is 0 Å². The highest BCUT2D eigenvalue weighted by Crippen LogP contribution is 2.31. The van der Waals surface area contributed by atoms with Crippen LogP contribution in [0, 0.1) is 6.92 Å². The Balaban J connectivity index is 1.89. The van der Waals surface area contributed by atoms with E-state index in [9.17, 15) is 9.59 Å². The van der Waals surface area contributed by atoms with Gasteiger partial charge in [0.1, 0.15) is 0 Å². The Kier molecular flexibility index (Phi) is 7.74. The fraction of sp³-hybridized carbons (Fsp3) is 0.321. The van der Waals surface area contributed by atoms with Crippen LogP contribution in [0.3, 0.4) is 0 Å². The van der Waals surface area contributed by atoms with E-state index in [1.54, 1.807) is 18.4 Å². The third kappa shape index (κ3) is 4.99. The molecular formula is C28H30N2O5S. The van der Waals surface area contributed by atoms with Crippen molar-refractivity contribution in [2.75, 3.05) is 19.8 Å². The number of carbonyl (C=O) groups is 1. The summed E-state index contributed by atoms with van der Waals surface area (Å²) in [5.74, 6) is 0.817. The molecule has 188 valence electrons. The molecule has 0 spiro atoms. The van der Waals surface area contributed by atoms with Gasteiger partial charge in [0.2, 0.25) is 0 Å². The van der Waals surface area contributed by atoms with E-state index in [-0.39, 0.29) is 12.2 Å². The lowest BCUT2D eigenvalue weighted by Gasteiger charge is -2.24. The van der Waals surface area contributed by atoms with Gasteiger partial charge in [-0.25, -0.2) is 9.79 Å². The van der Waals surface area contributed by atoms with Gasteiger partial charge in [0.25, 0.3) is 5.56 Å². The lowest BCUT2D eigenvalue weighted by molar-refractivity contribution is -0.139. The highest BCUT2D eigenvalue weighted by atomic mass is 32.1. The fourth-order valence-corrected chi connectivity index (χ4v) is 5.21. The molecule has 36 heavy (non-hydrogen) atoms. The van der Waals surface area contributed by atoms with E-state index in [2.05, 4.69) is 4.99 Å². The average Bonchev–Trinajstić information content (AvgIpc) is 3.15. The summed E-state index contributed by atoms with van der Waals surface area (Å²) in [5.41, 5.74) is 3.42. The molecular weight excluding hydrogens is 476 g/mol. The van der Waals surface area contributed by atoms with Crippen molar-refractivity contribution in [3.8, 4) is 11.5 Å². The molecule has 8 heteroatoms. The maximum atomic E-state index is 13.7. The second-order valence-electron chi connectivity index (χ2n) is 8.29. The predicted octanol–water partition coefficient (Wildman–Crippen LogP) is 3.90. The van der Waals surface area contributed by atoms with Gasteiger partial charge in [-0.3, -0.25) is 9.36 Å². The topological polar surface area (TPSA) is 79.1 Å². The number of esters is 1. The maximum absolute atomic E-state index is 13.7. The zero-order chi connectivity index (χ0) is 25.8. The number of allylic oxidation sites excluding steroid dienone is 1. The van der Waals surface area contributed by atoms with Gasteiger partial charge >= 0.3 is 5.97 Å². The van der Waals surface area contributed by atoms with E-state index >= 15 is 0 Å². The number of hydrogen-bond acceptors (Lipinski definition) is 7. The Bertz CT molecular complexity index is 1480. The van der Waals surface area contributed by atoms with Crippen LogP contribution in [0.5, 0.6) is 11.5 Å². The summed E-state index contributed by atoms with van der Waals surface area (Å²) in [6.07, 6.45) is 1.82. The fourth-order valence-electron chi connectivity index (χ4n) is 4.16. The maximum Gasteiger partial charge on any atom is 0.338 e. The van der Waals surface area contributed by atoms with Crippen molar-refractivity contribution in [3.63, 3.8) is 0 Å². The average molecular weight is 507 g/mol. The summed E-state index contributed by atoms with van der Waals surface area (Å²) in [4.78, 5) is 31.9. The number of benzene rings is 2. The van der Waals surface area contributed by atoms with Gasteiger partial charge in [0.05, 0.1) is 41.7 Å². The van der Waals surface area contributed by atoms with E-state index in [1.807, 2.05) is 69.3 Å². The lowest BCUT2D eigenvalue weighted by atomic mass is 9.95. The van der Waals surface area contributed by atoms with E-state index in [0.29, 0.717) is 45.3 Å². The number of rotatable bonds is 8. The summed E-state index contributed by atoms with van der Waals surface area (Å²) in [6, 6.07) is 12.8. The van der Waals surface area contributed by atoms with E-state index in [4.69, 9.17) is 14.2 Å². The summed E-state index contributed by atoms with van der Waals surface area (Å²) in [7, 11) is 0. The van der Waals surface area contributed by atoms with Crippen molar-refractivity contribution in [2.45, 2.75) is 40.7 Å². The quantitative estimate of drug-likeness (QED) is 0.433. The van der Waals surface area contributed by atoms with Crippen LogP contribution in [-0.4, -0.2) is 30.4 Å². The van der Waals surface area contributed by atoms with Gasteiger partial charge in [-0.1, -0.05) is 47.2 Å². The van der Waals surface area contributed by atoms with Crippen LogP contribution in [0.2, 0.25) is 0 Å². The molecule has 1 aliphatic rings. The first-order valence-electron chi connectivity index (χ1n) is 12.0. The molecule has 0 saturated carbocycles. The van der Waals surface area contributed by atoms with E-state index < -0.39 is 12.0 Å². The number of aromatic nitrogens is 1. The van der Waals surface area contributed by atoms with Crippen molar-refractivity contribution in [1.29, 1.82) is 0 Å². The minimum absolute atomic E-state index is 0.217. The molecule has 0 bridgehead atoms. The van der Waals surface area contributed by atoms with Gasteiger partial charge in [-0.2, -0.15) is 0 Å². The standard InChI is InChI=1S/C28H30N2O5S/c1-6-33-21-14-11-19(15-22(21)34-7-2)16-23-26(31)30-25(20-12-9-17(4)10-13-20)24(27(32)35-8-3)18(5)29-28(30)36-23/h9-16,25H,6-8H2,1-5H3/b23-16-/t25-/m0/s1. The Hall–Kier alpha value is -3.65. The third-order valence-electron chi connectivity index (χ3n) is 5.78. The molecule has 0 saturated heterocycles. The Morgan fingerprint density at radius 2 is 1.69 bits per heavy atom. The van der Waals surface area contributed by atoms with Crippen LogP contribution in [0.25, 0.3) is 6.08 Å². The molecule has 1 aromatic heterocycles. The second-order valence-corrected chi connectivity index (χ2v) is 9.29. The summed E-state index contributed by atoms with van der Waals surface area (Å²) in [6.45, 7) is 10.6. The molecule has 2 heterocycles. The van der Waals surface area contributed by atoms with Crippen LogP contribution in [-0.2, 0) is 9.53 Å². The zero-order valence-electron chi connectivity index (χ0n) is 21.2. The number of carbonyl (C=O) groups excluding carboxylic acids is 1. The predicted molar refractivity (Wildman–Crippen MR) is 140 cm³/mol. The van der Waals surface area contributed by atoms with Gasteiger partial charge in [0, 0.05) is 0 Å². The molecule has 0 radical (unpaired) electrons. The summed E-state index contributed by atoms with van der Waals surface area (Å²) < 4.78 is 18.9. The van der Waals surface area contributed by atoms with Crippen molar-refractivity contribution in [2.24, 2.45) is 4.99 Å². The smallest absolute Gasteiger partial charge is 0.338 e. The molecule has 0 amide bonds. The minimum atomic E-state index is -0.623. The number of thiazole rings is 1. The third-order valence-corrected chi connectivity index (χ3v) is 6.76. The normalized spacial score (nSPS) is 15.4. The van der Waals surface area contributed by atoms with Crippen LogP contribution < -0.4 is 24.4 Å². The first-order chi connectivity index (χ1) is 17.4. The van der Waals surface area contributed by atoms with Crippen molar-refractivity contribution >= 4 is 23.4 Å². The lowest BCUT2D eigenvalue weighted by Crippen LogP contribution is -2.39. The molecule has 0 N–H and O–H groups in total. The molecule has 0 fully saturated rings. The molecule has 2 aromatic carbocycles. The summed E-state index contributed by atoms with van der Waals surface area (Å²) >= 11 is 1.29. The second kappa shape index (κ2) is 11.0. The van der Waals surface area contributed by atoms with E-state index in [1.165, 1.54) is 11.3 Å². The number of nitrogens with zero attached hydrogens (tertiary/aromatic N) is 2. The van der Waals surface area contributed by atoms with Crippen LogP contribution >= 0.6 is 11.3 Å². The molecule has 1 aliphatic heterocycles. The number of aryl methyl sites for hydroxylation is 1. The molecule has 4 rings (SSSR count). The highest BCUT2D eigenvalue weighted by molar-refractivity contribution is 7.07. The number of ether oxygens (including phenoxy) is 3. The van der Waals surface area contributed by atoms with Crippen LogP contribution in [0.15, 0.2) is 63.5 Å². The summed E-state index contributed by atoms with van der Waals surface area (Å²) in [5, 5.41) is 0. The molecule has 0 unspecified atom stereocenters. The van der Waals surface area contributed by atoms with Crippen molar-refractivity contribution < 1.29 is 19.0 Å². The van der Waals surface area contributed by atoms with Gasteiger partial charge in [-0.15, -0.1) is 0 Å². The molecule has 0 aliphatic carbocycles. The Labute approximate surface area is 214 Å². The Morgan fingerprint density at radius 1 is 1.00 bits per heavy atom. The number of fused-ring (bicyclic) bond motifs is 1. The van der Waals surface area contributed by atoms with Gasteiger partial charge < -0.3 is 14.2 Å². The SMILES string of the molecule is CCOC(=O)C1=C(C)N=c2s/c(=C\c3ccc(OCC)c(OCC)c3)c(=O)n2[C@H]1c1ccc(C)cc1. The molecule has 3 aromatic rings.